The number of nitrogens with zero attached hydrogens (tertiary/aromatic N) is 1. The molecule has 0 saturated carbocycles. The molecule has 0 saturated heterocycles. The van der Waals surface area contributed by atoms with Gasteiger partial charge in [-0.3, -0.25) is 4.99 Å². The van der Waals surface area contributed by atoms with Crippen molar-refractivity contribution < 1.29 is 13.9 Å². The van der Waals surface area contributed by atoms with Crippen molar-refractivity contribution in [3.63, 3.8) is 0 Å². The van der Waals surface area contributed by atoms with Crippen LogP contribution in [0.25, 0.3) is 0 Å². The zero-order chi connectivity index (χ0) is 18.6. The fraction of sp³-hybridized carbons (Fsp3) is 0.350. The molecule has 0 heterocycles. The molecule has 0 bridgehead atoms. The number of hydrogen-bond acceptors (Lipinski definition) is 3. The van der Waals surface area contributed by atoms with E-state index in [1.165, 1.54) is 6.07 Å². The van der Waals surface area contributed by atoms with Crippen molar-refractivity contribution in [1.29, 1.82) is 0 Å². The van der Waals surface area contributed by atoms with Crippen molar-refractivity contribution >= 4 is 35.6 Å². The Morgan fingerprint density at radius 3 is 2.67 bits per heavy atom. The maximum Gasteiger partial charge on any atom is 0.195 e. The van der Waals surface area contributed by atoms with Crippen molar-refractivity contribution in [3.8, 4) is 5.75 Å². The van der Waals surface area contributed by atoms with Crippen molar-refractivity contribution in [2.24, 2.45) is 4.99 Å². The van der Waals surface area contributed by atoms with E-state index in [-0.39, 0.29) is 29.8 Å². The summed E-state index contributed by atoms with van der Waals surface area (Å²) in [6, 6.07) is 14.5. The van der Waals surface area contributed by atoms with Crippen molar-refractivity contribution in [3.05, 3.63) is 59.9 Å². The highest BCUT2D eigenvalue weighted by Crippen LogP contribution is 2.17. The molecule has 2 aromatic rings. The second-order valence-corrected chi connectivity index (χ2v) is 5.69. The smallest absolute Gasteiger partial charge is 0.195 e. The van der Waals surface area contributed by atoms with Gasteiger partial charge in [-0.15, -0.1) is 24.0 Å². The lowest BCUT2D eigenvalue weighted by atomic mass is 10.1. The molecule has 27 heavy (non-hydrogen) atoms. The Labute approximate surface area is 177 Å². The van der Waals surface area contributed by atoms with E-state index >= 15 is 0 Å². The fourth-order valence-electron chi connectivity index (χ4n) is 2.39. The molecule has 5 nitrogen and oxygen atoms in total. The van der Waals surface area contributed by atoms with Gasteiger partial charge in [0.1, 0.15) is 11.6 Å². The van der Waals surface area contributed by atoms with E-state index in [0.717, 1.165) is 17.9 Å². The topological polar surface area (TPSA) is 54.9 Å². The molecule has 0 atom stereocenters. The Balaban J connectivity index is 0.00000364. The fourth-order valence-corrected chi connectivity index (χ4v) is 2.39. The van der Waals surface area contributed by atoms with Crippen molar-refractivity contribution in [2.45, 2.75) is 12.8 Å². The van der Waals surface area contributed by atoms with Crippen LogP contribution < -0.4 is 15.4 Å². The van der Waals surface area contributed by atoms with Crippen LogP contribution >= 0.6 is 24.0 Å². The Hall–Kier alpha value is -1.87. The summed E-state index contributed by atoms with van der Waals surface area (Å²) in [7, 11) is 3.37. The van der Waals surface area contributed by atoms with Gasteiger partial charge in [0.05, 0.1) is 6.61 Å². The minimum absolute atomic E-state index is 0. The minimum atomic E-state index is -0.185. The molecule has 0 fully saturated rings. The minimum Gasteiger partial charge on any atom is -0.493 e. The zero-order valence-electron chi connectivity index (χ0n) is 15.7. The normalized spacial score (nSPS) is 10.9. The molecule has 0 aliphatic heterocycles. The summed E-state index contributed by atoms with van der Waals surface area (Å²) in [5.41, 5.74) is 1.55. The highest BCUT2D eigenvalue weighted by Gasteiger charge is 2.03. The molecule has 0 aromatic heterocycles. The average Bonchev–Trinajstić information content (AvgIpc) is 2.66. The molecule has 0 aliphatic rings. The Morgan fingerprint density at radius 1 is 1.11 bits per heavy atom. The first-order valence-electron chi connectivity index (χ1n) is 8.66. The SMILES string of the molecule is CN=C(NCCc1ccccc1F)Nc1cccc(OCCCOC)c1.I. The lowest BCUT2D eigenvalue weighted by Crippen LogP contribution is -2.32. The van der Waals surface area contributed by atoms with Gasteiger partial charge in [-0.1, -0.05) is 24.3 Å². The monoisotopic (exact) mass is 487 g/mol. The molecule has 0 amide bonds. The van der Waals surface area contributed by atoms with Crippen LogP contribution in [0.3, 0.4) is 0 Å². The third-order valence-electron chi connectivity index (χ3n) is 3.73. The average molecular weight is 487 g/mol. The number of benzene rings is 2. The number of guanidine groups is 1. The van der Waals surface area contributed by atoms with Crippen LogP contribution in [0.15, 0.2) is 53.5 Å². The molecule has 0 unspecified atom stereocenters. The summed E-state index contributed by atoms with van der Waals surface area (Å²) in [5.74, 6) is 1.22. The number of hydrogen-bond donors (Lipinski definition) is 2. The summed E-state index contributed by atoms with van der Waals surface area (Å²) in [6.07, 6.45) is 1.42. The number of ether oxygens (including phenoxy) is 2. The van der Waals surface area contributed by atoms with E-state index in [9.17, 15) is 4.39 Å². The third kappa shape index (κ3) is 8.57. The van der Waals surface area contributed by atoms with Gasteiger partial charge in [0, 0.05) is 45.5 Å². The Kier molecular flexibility index (Phi) is 11.4. The van der Waals surface area contributed by atoms with E-state index in [0.29, 0.717) is 37.7 Å². The van der Waals surface area contributed by atoms with Crippen LogP contribution in [0.4, 0.5) is 10.1 Å². The highest BCUT2D eigenvalue weighted by atomic mass is 127. The first-order chi connectivity index (χ1) is 12.7. The molecular formula is C20H27FIN3O2. The van der Waals surface area contributed by atoms with Gasteiger partial charge >= 0.3 is 0 Å². The zero-order valence-corrected chi connectivity index (χ0v) is 18.0. The molecule has 2 rings (SSSR count). The lowest BCUT2D eigenvalue weighted by Gasteiger charge is -2.13. The number of halogens is 2. The van der Waals surface area contributed by atoms with Crippen LogP contribution in [-0.4, -0.2) is 39.9 Å². The first-order valence-corrected chi connectivity index (χ1v) is 8.66. The molecule has 7 heteroatoms. The van der Waals surface area contributed by atoms with Gasteiger partial charge in [0.25, 0.3) is 0 Å². The number of methoxy groups -OCH3 is 1. The van der Waals surface area contributed by atoms with Crippen LogP contribution in [-0.2, 0) is 11.2 Å². The summed E-state index contributed by atoms with van der Waals surface area (Å²) in [5, 5.41) is 6.40. The van der Waals surface area contributed by atoms with Gasteiger partial charge in [0.2, 0.25) is 0 Å². The van der Waals surface area contributed by atoms with E-state index < -0.39 is 0 Å². The van der Waals surface area contributed by atoms with Crippen LogP contribution in [0.1, 0.15) is 12.0 Å². The standard InChI is InChI=1S/C20H26FN3O2.HI/c1-22-20(23-12-11-16-7-3-4-10-19(16)21)24-17-8-5-9-18(15-17)26-14-6-13-25-2;/h3-5,7-10,15H,6,11-14H2,1-2H3,(H2,22,23,24);1H. The molecule has 0 spiro atoms. The molecule has 2 N–H and O–H groups in total. The summed E-state index contributed by atoms with van der Waals surface area (Å²) in [6.45, 7) is 1.86. The largest absolute Gasteiger partial charge is 0.493 e. The number of aliphatic imine (C=N–C) groups is 1. The predicted molar refractivity (Wildman–Crippen MR) is 119 cm³/mol. The van der Waals surface area contributed by atoms with Gasteiger partial charge < -0.3 is 20.1 Å². The van der Waals surface area contributed by atoms with Crippen molar-refractivity contribution in [2.75, 3.05) is 39.2 Å². The first kappa shape index (κ1) is 23.2. The second kappa shape index (κ2) is 13.3. The van der Waals surface area contributed by atoms with E-state index in [4.69, 9.17) is 9.47 Å². The predicted octanol–water partition coefficient (Wildman–Crippen LogP) is 4.09. The summed E-state index contributed by atoms with van der Waals surface area (Å²) < 4.78 is 24.3. The van der Waals surface area contributed by atoms with Crippen LogP contribution in [0, 0.1) is 5.82 Å². The summed E-state index contributed by atoms with van der Waals surface area (Å²) in [4.78, 5) is 4.20. The van der Waals surface area contributed by atoms with E-state index in [2.05, 4.69) is 15.6 Å². The van der Waals surface area contributed by atoms with Gasteiger partial charge in [-0.25, -0.2) is 4.39 Å². The second-order valence-electron chi connectivity index (χ2n) is 5.69. The molecular weight excluding hydrogens is 460 g/mol. The molecule has 0 radical (unpaired) electrons. The molecule has 0 aliphatic carbocycles. The Morgan fingerprint density at radius 2 is 1.93 bits per heavy atom. The maximum atomic E-state index is 13.6. The van der Waals surface area contributed by atoms with Gasteiger partial charge in [-0.2, -0.15) is 0 Å². The number of nitrogens with one attached hydrogen (secondary N) is 2. The van der Waals surface area contributed by atoms with Crippen molar-refractivity contribution in [1.82, 2.24) is 5.32 Å². The number of anilines is 1. The summed E-state index contributed by atoms with van der Waals surface area (Å²) >= 11 is 0. The molecule has 2 aromatic carbocycles. The van der Waals surface area contributed by atoms with Crippen LogP contribution in [0.5, 0.6) is 5.75 Å². The highest BCUT2D eigenvalue weighted by molar-refractivity contribution is 14.0. The molecule has 148 valence electrons. The Bertz CT molecular complexity index is 713. The third-order valence-corrected chi connectivity index (χ3v) is 3.73. The van der Waals surface area contributed by atoms with Crippen LogP contribution in [0.2, 0.25) is 0 Å². The van der Waals surface area contributed by atoms with E-state index in [1.807, 2.05) is 30.3 Å². The number of rotatable bonds is 9. The van der Waals surface area contributed by atoms with Gasteiger partial charge in [0.15, 0.2) is 5.96 Å². The quantitative estimate of drug-likeness (QED) is 0.242. The lowest BCUT2D eigenvalue weighted by molar-refractivity contribution is 0.172. The van der Waals surface area contributed by atoms with E-state index in [1.54, 1.807) is 26.3 Å². The maximum absolute atomic E-state index is 13.6. The van der Waals surface area contributed by atoms with Gasteiger partial charge in [-0.05, 0) is 30.2 Å².